The molecule has 0 amide bonds. The maximum atomic E-state index is 11.3. The molecule has 0 aromatic rings. The lowest BCUT2D eigenvalue weighted by Crippen LogP contribution is -2.41. The van der Waals surface area contributed by atoms with E-state index in [2.05, 4.69) is 24.8 Å². The summed E-state index contributed by atoms with van der Waals surface area (Å²) in [5, 5.41) is 9.44. The molecule has 3 saturated carbocycles. The quantitative estimate of drug-likeness (QED) is 0.415. The van der Waals surface area contributed by atoms with Gasteiger partial charge < -0.3 is 5.11 Å². The van der Waals surface area contributed by atoms with Gasteiger partial charge in [0.1, 0.15) is 0 Å². The standard InChI is InChI=1S/C13H16O2S/c14-13(15)11-7-4-8(12(11)16)10-6-2-1-5(3-6)9(7)10/h1-2,5-12,16H,3-4H2,(H,14,15). The monoisotopic (exact) mass is 236 g/mol. The van der Waals surface area contributed by atoms with Crippen LogP contribution in [0, 0.1) is 41.4 Å². The van der Waals surface area contributed by atoms with Gasteiger partial charge in [-0.05, 0) is 48.3 Å². The average Bonchev–Trinajstić information content (AvgIpc) is 2.92. The number of hydrogen-bond donors (Lipinski definition) is 2. The molecule has 4 rings (SSSR count). The molecule has 0 aliphatic heterocycles. The molecule has 0 heterocycles. The highest BCUT2D eigenvalue weighted by Crippen LogP contribution is 2.67. The molecule has 0 spiro atoms. The maximum absolute atomic E-state index is 11.3. The van der Waals surface area contributed by atoms with Crippen LogP contribution in [0.1, 0.15) is 12.8 Å². The molecule has 8 atom stereocenters. The van der Waals surface area contributed by atoms with Crippen molar-refractivity contribution in [3.05, 3.63) is 12.2 Å². The number of rotatable bonds is 1. The first-order valence-electron chi connectivity index (χ1n) is 6.27. The van der Waals surface area contributed by atoms with Gasteiger partial charge in [-0.2, -0.15) is 12.6 Å². The Hall–Kier alpha value is -0.440. The van der Waals surface area contributed by atoms with Crippen LogP contribution in [-0.2, 0) is 4.79 Å². The van der Waals surface area contributed by atoms with Gasteiger partial charge in [0.05, 0.1) is 5.92 Å². The Bertz CT molecular complexity index is 391. The number of carboxylic acids is 1. The van der Waals surface area contributed by atoms with Crippen molar-refractivity contribution in [1.29, 1.82) is 0 Å². The van der Waals surface area contributed by atoms with Gasteiger partial charge in [0.25, 0.3) is 0 Å². The summed E-state index contributed by atoms with van der Waals surface area (Å²) in [7, 11) is 0. The molecule has 86 valence electrons. The van der Waals surface area contributed by atoms with E-state index in [-0.39, 0.29) is 11.2 Å². The summed E-state index contributed by atoms with van der Waals surface area (Å²) < 4.78 is 0. The second-order valence-electron chi connectivity index (χ2n) is 6.02. The predicted molar refractivity (Wildman–Crippen MR) is 63.2 cm³/mol. The lowest BCUT2D eigenvalue weighted by Gasteiger charge is -2.38. The van der Waals surface area contributed by atoms with Crippen LogP contribution in [0.3, 0.4) is 0 Å². The van der Waals surface area contributed by atoms with Gasteiger partial charge in [-0.3, -0.25) is 4.79 Å². The summed E-state index contributed by atoms with van der Waals surface area (Å²) >= 11 is 4.60. The van der Waals surface area contributed by atoms with E-state index in [9.17, 15) is 9.90 Å². The van der Waals surface area contributed by atoms with Crippen molar-refractivity contribution in [2.75, 3.05) is 0 Å². The van der Waals surface area contributed by atoms with Gasteiger partial charge in [0.2, 0.25) is 0 Å². The van der Waals surface area contributed by atoms with E-state index in [1.165, 1.54) is 6.42 Å². The zero-order valence-electron chi connectivity index (χ0n) is 8.99. The van der Waals surface area contributed by atoms with Gasteiger partial charge in [-0.25, -0.2) is 0 Å². The Kier molecular flexibility index (Phi) is 1.72. The van der Waals surface area contributed by atoms with Crippen molar-refractivity contribution in [2.24, 2.45) is 41.4 Å². The minimum absolute atomic E-state index is 0.108. The van der Waals surface area contributed by atoms with Gasteiger partial charge in [0, 0.05) is 5.25 Å². The molecule has 16 heavy (non-hydrogen) atoms. The fraction of sp³-hybridized carbons (Fsp3) is 0.769. The smallest absolute Gasteiger partial charge is 0.307 e. The fourth-order valence-corrected chi connectivity index (χ4v) is 6.00. The molecule has 2 nitrogen and oxygen atoms in total. The molecule has 1 N–H and O–H groups in total. The summed E-state index contributed by atoms with van der Waals surface area (Å²) in [6, 6.07) is 0. The third-order valence-corrected chi connectivity index (χ3v) is 6.37. The zero-order chi connectivity index (χ0) is 11.0. The molecular formula is C13H16O2S. The Morgan fingerprint density at radius 3 is 2.38 bits per heavy atom. The van der Waals surface area contributed by atoms with Crippen LogP contribution in [0.5, 0.6) is 0 Å². The molecule has 8 unspecified atom stereocenters. The third-order valence-electron chi connectivity index (χ3n) is 5.67. The number of aliphatic carboxylic acids is 1. The van der Waals surface area contributed by atoms with Gasteiger partial charge in [0.15, 0.2) is 0 Å². The number of thiol groups is 1. The van der Waals surface area contributed by atoms with Gasteiger partial charge in [-0.15, -0.1) is 0 Å². The fourth-order valence-electron chi connectivity index (χ4n) is 5.33. The van der Waals surface area contributed by atoms with E-state index in [0.29, 0.717) is 23.7 Å². The first kappa shape index (κ1) is 9.58. The second-order valence-corrected chi connectivity index (χ2v) is 6.62. The summed E-state index contributed by atoms with van der Waals surface area (Å²) in [5.41, 5.74) is 0. The SMILES string of the molecule is O=C(O)C1C(S)C2CC1C1C3C=CC(C3)C21. The van der Waals surface area contributed by atoms with Crippen molar-refractivity contribution in [3.63, 3.8) is 0 Å². The molecule has 0 saturated heterocycles. The van der Waals surface area contributed by atoms with Crippen molar-refractivity contribution in [1.82, 2.24) is 0 Å². The van der Waals surface area contributed by atoms with Gasteiger partial charge in [-0.1, -0.05) is 12.2 Å². The average molecular weight is 236 g/mol. The van der Waals surface area contributed by atoms with E-state index < -0.39 is 5.97 Å². The summed E-state index contributed by atoms with van der Waals surface area (Å²) in [6.45, 7) is 0. The van der Waals surface area contributed by atoms with Crippen LogP contribution in [0.15, 0.2) is 12.2 Å². The molecule has 0 radical (unpaired) electrons. The molecule has 4 aliphatic rings. The largest absolute Gasteiger partial charge is 0.481 e. The zero-order valence-corrected chi connectivity index (χ0v) is 9.88. The van der Waals surface area contributed by atoms with Crippen molar-refractivity contribution in [3.8, 4) is 0 Å². The van der Waals surface area contributed by atoms with E-state index >= 15 is 0 Å². The topological polar surface area (TPSA) is 37.3 Å². The highest BCUT2D eigenvalue weighted by atomic mass is 32.1. The molecule has 4 bridgehead atoms. The Balaban J connectivity index is 1.74. The van der Waals surface area contributed by atoms with E-state index in [4.69, 9.17) is 0 Å². The van der Waals surface area contributed by atoms with E-state index in [1.54, 1.807) is 0 Å². The Morgan fingerprint density at radius 1 is 1.12 bits per heavy atom. The number of hydrogen-bond acceptors (Lipinski definition) is 2. The number of carboxylic acid groups (broad SMARTS) is 1. The molecule has 4 aliphatic carbocycles. The molecule has 0 aromatic carbocycles. The Morgan fingerprint density at radius 2 is 1.75 bits per heavy atom. The summed E-state index contributed by atoms with van der Waals surface area (Å²) in [4.78, 5) is 11.3. The van der Waals surface area contributed by atoms with Crippen LogP contribution in [0.4, 0.5) is 0 Å². The lowest BCUT2D eigenvalue weighted by atomic mass is 9.69. The van der Waals surface area contributed by atoms with Crippen molar-refractivity contribution in [2.45, 2.75) is 18.1 Å². The number of allylic oxidation sites excluding steroid dienone is 2. The summed E-state index contributed by atoms with van der Waals surface area (Å²) in [6.07, 6.45) is 7.13. The van der Waals surface area contributed by atoms with E-state index in [1.807, 2.05) is 0 Å². The highest BCUT2D eigenvalue weighted by molar-refractivity contribution is 7.81. The van der Waals surface area contributed by atoms with Crippen molar-refractivity contribution < 1.29 is 9.90 Å². The van der Waals surface area contributed by atoms with Gasteiger partial charge >= 0.3 is 5.97 Å². The normalized spacial score (nSPS) is 60.6. The molecule has 3 heteroatoms. The maximum Gasteiger partial charge on any atom is 0.307 e. The Labute approximate surface area is 101 Å². The van der Waals surface area contributed by atoms with Crippen LogP contribution in [0.25, 0.3) is 0 Å². The minimum atomic E-state index is -0.613. The number of carbonyl (C=O) groups is 1. The minimum Gasteiger partial charge on any atom is -0.481 e. The predicted octanol–water partition coefficient (Wildman–Crippen LogP) is 2.07. The highest BCUT2D eigenvalue weighted by Gasteiger charge is 2.65. The third kappa shape index (κ3) is 0.907. The molecular weight excluding hydrogens is 220 g/mol. The molecule has 3 fully saturated rings. The summed E-state index contributed by atoms with van der Waals surface area (Å²) in [5.74, 6) is 3.05. The first-order chi connectivity index (χ1) is 7.68. The van der Waals surface area contributed by atoms with E-state index in [0.717, 1.165) is 18.3 Å². The van der Waals surface area contributed by atoms with Crippen LogP contribution in [-0.4, -0.2) is 16.3 Å². The second kappa shape index (κ2) is 2.87. The number of fused-ring (bicyclic) bond motifs is 9. The van der Waals surface area contributed by atoms with Crippen LogP contribution < -0.4 is 0 Å². The first-order valence-corrected chi connectivity index (χ1v) is 6.79. The van der Waals surface area contributed by atoms with Crippen LogP contribution in [0.2, 0.25) is 0 Å². The van der Waals surface area contributed by atoms with Crippen LogP contribution >= 0.6 is 12.6 Å². The van der Waals surface area contributed by atoms with Crippen molar-refractivity contribution >= 4 is 18.6 Å². The lowest BCUT2D eigenvalue weighted by molar-refractivity contribution is -0.144. The molecule has 0 aromatic heterocycles.